The van der Waals surface area contributed by atoms with Crippen molar-refractivity contribution in [2.45, 2.75) is 13.1 Å². The van der Waals surface area contributed by atoms with E-state index in [4.69, 9.17) is 9.94 Å². The summed E-state index contributed by atoms with van der Waals surface area (Å²) in [7, 11) is 0. The van der Waals surface area contributed by atoms with E-state index in [0.717, 1.165) is 41.3 Å². The number of fused-ring (bicyclic) bond motifs is 2. The topological polar surface area (TPSA) is 73.8 Å². The highest BCUT2D eigenvalue weighted by Crippen LogP contribution is 2.36. The third kappa shape index (κ3) is 2.37. The minimum absolute atomic E-state index is 0.471. The summed E-state index contributed by atoms with van der Waals surface area (Å²) >= 11 is 0. The molecule has 1 amide bonds. The molecule has 0 atom stereocenters. The Hall–Kier alpha value is -2.73. The van der Waals surface area contributed by atoms with E-state index in [2.05, 4.69) is 16.3 Å². The Bertz CT molecular complexity index is 776. The Labute approximate surface area is 133 Å². The molecule has 0 saturated carbocycles. The van der Waals surface area contributed by atoms with Crippen molar-refractivity contribution in [1.29, 1.82) is 0 Å². The summed E-state index contributed by atoms with van der Waals surface area (Å²) in [6, 6.07) is 11.7. The fourth-order valence-corrected chi connectivity index (χ4v) is 3.20. The number of nitrogens with one attached hydrogen (secondary N) is 2. The van der Waals surface area contributed by atoms with E-state index >= 15 is 0 Å². The zero-order valence-electron chi connectivity index (χ0n) is 12.5. The second-order valence-corrected chi connectivity index (χ2v) is 5.70. The van der Waals surface area contributed by atoms with E-state index in [1.165, 1.54) is 0 Å². The van der Waals surface area contributed by atoms with Gasteiger partial charge < -0.3 is 15.0 Å². The van der Waals surface area contributed by atoms with Gasteiger partial charge in [-0.05, 0) is 29.3 Å². The van der Waals surface area contributed by atoms with Gasteiger partial charge in [0.2, 0.25) is 0 Å². The monoisotopic (exact) mass is 311 g/mol. The quantitative estimate of drug-likeness (QED) is 0.585. The van der Waals surface area contributed by atoms with Crippen LogP contribution < -0.4 is 20.4 Å². The van der Waals surface area contributed by atoms with Crippen LogP contribution in [0.1, 0.15) is 21.5 Å². The highest BCUT2D eigenvalue weighted by molar-refractivity contribution is 5.95. The molecule has 3 N–H and O–H groups in total. The molecule has 2 aromatic rings. The first-order valence-corrected chi connectivity index (χ1v) is 7.57. The van der Waals surface area contributed by atoms with E-state index in [0.29, 0.717) is 18.7 Å². The molecule has 0 unspecified atom stereocenters. The highest BCUT2D eigenvalue weighted by Gasteiger charge is 2.25. The van der Waals surface area contributed by atoms with Crippen LogP contribution in [0.25, 0.3) is 0 Å². The summed E-state index contributed by atoms with van der Waals surface area (Å²) in [6.45, 7) is 2.85. The van der Waals surface area contributed by atoms with Gasteiger partial charge in [0, 0.05) is 37.0 Å². The van der Waals surface area contributed by atoms with E-state index < -0.39 is 5.91 Å². The third-order valence-electron chi connectivity index (χ3n) is 4.33. The van der Waals surface area contributed by atoms with Gasteiger partial charge in [-0.15, -0.1) is 0 Å². The smallest absolute Gasteiger partial charge is 0.274 e. The van der Waals surface area contributed by atoms with Crippen LogP contribution in [0.15, 0.2) is 36.4 Å². The molecular formula is C17H17N3O3. The van der Waals surface area contributed by atoms with Crippen LogP contribution in [-0.4, -0.2) is 24.3 Å². The van der Waals surface area contributed by atoms with Crippen LogP contribution in [0.3, 0.4) is 0 Å². The fourth-order valence-electron chi connectivity index (χ4n) is 3.20. The molecule has 0 aliphatic carbocycles. The van der Waals surface area contributed by atoms with Gasteiger partial charge in [-0.3, -0.25) is 10.0 Å². The lowest BCUT2D eigenvalue weighted by atomic mass is 10.0. The molecule has 0 fully saturated rings. The molecular weight excluding hydrogens is 294 g/mol. The first kappa shape index (κ1) is 13.9. The Morgan fingerprint density at radius 2 is 2.17 bits per heavy atom. The molecule has 4 rings (SSSR count). The summed E-state index contributed by atoms with van der Waals surface area (Å²) in [4.78, 5) is 14.0. The maximum atomic E-state index is 11.8. The first-order valence-electron chi connectivity index (χ1n) is 7.57. The van der Waals surface area contributed by atoms with E-state index in [9.17, 15) is 4.79 Å². The van der Waals surface area contributed by atoms with Crippen LogP contribution in [0.4, 0.5) is 11.4 Å². The predicted molar refractivity (Wildman–Crippen MR) is 86.0 cm³/mol. The Balaban J connectivity index is 1.64. The summed E-state index contributed by atoms with van der Waals surface area (Å²) in [5.74, 6) is 0.389. The normalized spacial score (nSPS) is 15.3. The average Bonchev–Trinajstić information content (AvgIpc) is 3.04. The maximum Gasteiger partial charge on any atom is 0.274 e. The number of hydrogen-bond acceptors (Lipinski definition) is 5. The zero-order chi connectivity index (χ0) is 15.8. The highest BCUT2D eigenvalue weighted by atomic mass is 16.5. The molecule has 6 nitrogen and oxygen atoms in total. The van der Waals surface area contributed by atoms with Gasteiger partial charge in [-0.1, -0.05) is 12.1 Å². The summed E-state index contributed by atoms with van der Waals surface area (Å²) in [5, 5.41) is 12.2. The minimum Gasteiger partial charge on any atom is -0.490 e. The van der Waals surface area contributed by atoms with Crippen LogP contribution >= 0.6 is 0 Å². The van der Waals surface area contributed by atoms with Crippen molar-refractivity contribution >= 4 is 17.3 Å². The summed E-state index contributed by atoms with van der Waals surface area (Å²) in [5.41, 5.74) is 6.36. The number of carbonyl (C=O) groups is 1. The van der Waals surface area contributed by atoms with Gasteiger partial charge >= 0.3 is 0 Å². The van der Waals surface area contributed by atoms with Crippen molar-refractivity contribution in [2.75, 3.05) is 23.4 Å². The molecule has 0 spiro atoms. The van der Waals surface area contributed by atoms with Gasteiger partial charge in [-0.25, -0.2) is 5.48 Å². The molecule has 118 valence electrons. The van der Waals surface area contributed by atoms with Crippen molar-refractivity contribution < 1.29 is 14.7 Å². The molecule has 23 heavy (non-hydrogen) atoms. The molecule has 0 bridgehead atoms. The van der Waals surface area contributed by atoms with Gasteiger partial charge in [-0.2, -0.15) is 0 Å². The lowest BCUT2D eigenvalue weighted by molar-refractivity contribution is 0.0705. The van der Waals surface area contributed by atoms with Gasteiger partial charge in [0.25, 0.3) is 5.91 Å². The second kappa shape index (κ2) is 5.48. The largest absolute Gasteiger partial charge is 0.490 e. The van der Waals surface area contributed by atoms with Gasteiger partial charge in [0.05, 0.1) is 5.69 Å². The molecule has 0 radical (unpaired) electrons. The molecule has 2 aliphatic heterocycles. The Kier molecular flexibility index (Phi) is 3.31. The maximum absolute atomic E-state index is 11.8. The van der Waals surface area contributed by atoms with E-state index in [-0.39, 0.29) is 0 Å². The molecule has 6 heteroatoms. The predicted octanol–water partition coefficient (Wildman–Crippen LogP) is 2.13. The van der Waals surface area contributed by atoms with E-state index in [1.54, 1.807) is 11.5 Å². The number of ether oxygens (including phenoxy) is 1. The minimum atomic E-state index is -0.471. The average molecular weight is 311 g/mol. The molecule has 0 saturated heterocycles. The van der Waals surface area contributed by atoms with Crippen LogP contribution in [0.2, 0.25) is 0 Å². The number of amides is 1. The number of hydrogen-bond donors (Lipinski definition) is 3. The lowest BCUT2D eigenvalue weighted by Crippen LogP contribution is -2.21. The Morgan fingerprint density at radius 1 is 1.26 bits per heavy atom. The fraction of sp³-hybridized carbons (Fsp3) is 0.235. The first-order chi connectivity index (χ1) is 11.3. The molecule has 2 aromatic carbocycles. The lowest BCUT2D eigenvalue weighted by Gasteiger charge is -2.23. The number of rotatable bonds is 2. The Morgan fingerprint density at radius 3 is 3.04 bits per heavy atom. The van der Waals surface area contributed by atoms with Crippen LogP contribution in [-0.2, 0) is 13.1 Å². The summed E-state index contributed by atoms with van der Waals surface area (Å²) < 4.78 is 5.69. The van der Waals surface area contributed by atoms with Crippen LogP contribution in [0.5, 0.6) is 5.75 Å². The number of anilines is 2. The van der Waals surface area contributed by atoms with Crippen molar-refractivity contribution in [3.05, 3.63) is 53.1 Å². The number of hydroxylamine groups is 1. The van der Waals surface area contributed by atoms with Crippen molar-refractivity contribution in [2.24, 2.45) is 0 Å². The number of benzene rings is 2. The number of carbonyl (C=O) groups excluding carboxylic acids is 1. The van der Waals surface area contributed by atoms with Crippen molar-refractivity contribution in [3.8, 4) is 5.75 Å². The molecule has 0 aromatic heterocycles. The third-order valence-corrected chi connectivity index (χ3v) is 4.33. The molecule has 2 aliphatic rings. The number of nitrogens with zero attached hydrogens (tertiary/aromatic N) is 1. The molecule has 2 heterocycles. The standard InChI is InChI=1S/C17H17N3O3/c21-17(19-22)13-3-1-2-11-9-20(10-14(11)13)12-4-5-15-16(8-12)23-7-6-18-15/h1-5,8,18,22H,6-7,9-10H2,(H,19,21). The van der Waals surface area contributed by atoms with E-state index in [1.807, 2.05) is 24.3 Å². The van der Waals surface area contributed by atoms with Crippen LogP contribution in [0, 0.1) is 0 Å². The zero-order valence-corrected chi connectivity index (χ0v) is 12.5. The SMILES string of the molecule is O=C(NO)c1cccc2c1CN(c1ccc3c(c1)OCCN3)C2. The second-order valence-electron chi connectivity index (χ2n) is 5.70. The van der Waals surface area contributed by atoms with Crippen molar-refractivity contribution in [3.63, 3.8) is 0 Å². The van der Waals surface area contributed by atoms with Crippen molar-refractivity contribution in [1.82, 2.24) is 5.48 Å². The summed E-state index contributed by atoms with van der Waals surface area (Å²) in [6.07, 6.45) is 0. The van der Waals surface area contributed by atoms with Gasteiger partial charge in [0.1, 0.15) is 12.4 Å². The van der Waals surface area contributed by atoms with Gasteiger partial charge in [0.15, 0.2) is 0 Å².